The molecule has 0 aliphatic carbocycles. The Kier molecular flexibility index (Phi) is 7.00. The first-order valence-corrected chi connectivity index (χ1v) is 10.2. The second-order valence-corrected chi connectivity index (χ2v) is 7.53. The average molecular weight is 433 g/mol. The van der Waals surface area contributed by atoms with Crippen LogP contribution in [0.4, 0.5) is 5.69 Å². The van der Waals surface area contributed by atoms with Gasteiger partial charge in [-0.05, 0) is 37.3 Å². The third-order valence-electron chi connectivity index (χ3n) is 4.06. The van der Waals surface area contributed by atoms with E-state index in [9.17, 15) is 4.79 Å². The number of anilines is 1. The molecule has 3 rings (SSSR count). The Bertz CT molecular complexity index is 981. The molecule has 3 aromatic rings. The summed E-state index contributed by atoms with van der Waals surface area (Å²) in [5.74, 6) is 1.94. The second-order valence-electron chi connectivity index (χ2n) is 6.15. The molecule has 9 heteroatoms. The van der Waals surface area contributed by atoms with Gasteiger partial charge in [0.25, 0.3) is 0 Å². The molecule has 2 aromatic carbocycles. The van der Waals surface area contributed by atoms with E-state index in [-0.39, 0.29) is 17.8 Å². The molecule has 0 radical (unpaired) electrons. The Morgan fingerprint density at radius 1 is 1.24 bits per heavy atom. The Balaban J connectivity index is 1.60. The van der Waals surface area contributed by atoms with Crippen molar-refractivity contribution in [1.82, 2.24) is 14.8 Å². The van der Waals surface area contributed by atoms with E-state index in [1.807, 2.05) is 48.9 Å². The summed E-state index contributed by atoms with van der Waals surface area (Å²) in [5, 5.41) is 12.3. The van der Waals surface area contributed by atoms with E-state index in [0.29, 0.717) is 27.4 Å². The maximum absolute atomic E-state index is 12.3. The number of carbonyl (C=O) groups is 1. The number of nitrogens with one attached hydrogen (secondary N) is 1. The number of hydrogen-bond acceptors (Lipinski definition) is 6. The lowest BCUT2D eigenvalue weighted by molar-refractivity contribution is -0.113. The number of thioether (sulfide) groups is 1. The van der Waals surface area contributed by atoms with E-state index in [4.69, 9.17) is 21.1 Å². The van der Waals surface area contributed by atoms with Crippen LogP contribution in [0.5, 0.6) is 11.5 Å². The minimum absolute atomic E-state index is 0.162. The fraction of sp³-hybridized carbons (Fsp3) is 0.250. The standard InChI is InChI=1S/C20H21ClN4O3S/c1-13(28-15-7-5-4-6-8-15)19-23-24-20(25(19)2)29-12-18(26)22-16-11-14(21)9-10-17(16)27-3/h4-11,13H,12H2,1-3H3,(H,22,26). The minimum atomic E-state index is -0.284. The Labute approximate surface area is 178 Å². The van der Waals surface area contributed by atoms with Gasteiger partial charge >= 0.3 is 0 Å². The zero-order chi connectivity index (χ0) is 20.8. The normalized spacial score (nSPS) is 11.7. The van der Waals surface area contributed by atoms with Crippen molar-refractivity contribution in [2.75, 3.05) is 18.2 Å². The van der Waals surface area contributed by atoms with Crippen LogP contribution in [0.15, 0.2) is 53.7 Å². The first kappa shape index (κ1) is 21.0. The lowest BCUT2D eigenvalue weighted by Crippen LogP contribution is -2.15. The summed E-state index contributed by atoms with van der Waals surface area (Å²) in [4.78, 5) is 12.3. The van der Waals surface area contributed by atoms with Crippen molar-refractivity contribution in [3.8, 4) is 11.5 Å². The van der Waals surface area contributed by atoms with E-state index >= 15 is 0 Å². The number of halogens is 1. The summed E-state index contributed by atoms with van der Waals surface area (Å²) < 4.78 is 13.0. The van der Waals surface area contributed by atoms with Crippen LogP contribution in [0.3, 0.4) is 0 Å². The summed E-state index contributed by atoms with van der Waals surface area (Å²) in [6, 6.07) is 14.6. The molecule has 0 saturated heterocycles. The monoisotopic (exact) mass is 432 g/mol. The molecule has 0 bridgehead atoms. The van der Waals surface area contributed by atoms with Crippen LogP contribution in [0.1, 0.15) is 18.9 Å². The van der Waals surface area contributed by atoms with Gasteiger partial charge in [-0.15, -0.1) is 10.2 Å². The predicted molar refractivity (Wildman–Crippen MR) is 114 cm³/mol. The Morgan fingerprint density at radius 3 is 2.72 bits per heavy atom. The van der Waals surface area contributed by atoms with Crippen molar-refractivity contribution >= 4 is 35.0 Å². The summed E-state index contributed by atoms with van der Waals surface area (Å²) in [6.07, 6.45) is -0.284. The lowest BCUT2D eigenvalue weighted by atomic mass is 10.3. The molecule has 1 atom stereocenters. The maximum Gasteiger partial charge on any atom is 0.234 e. The quantitative estimate of drug-likeness (QED) is 0.533. The zero-order valence-corrected chi connectivity index (χ0v) is 17.8. The average Bonchev–Trinajstić information content (AvgIpc) is 3.08. The SMILES string of the molecule is COc1ccc(Cl)cc1NC(=O)CSc1nnc(C(C)Oc2ccccc2)n1C. The highest BCUT2D eigenvalue weighted by molar-refractivity contribution is 7.99. The molecule has 1 amide bonds. The van der Waals surface area contributed by atoms with Crippen molar-refractivity contribution in [3.05, 3.63) is 59.4 Å². The first-order chi connectivity index (χ1) is 14.0. The van der Waals surface area contributed by atoms with Crippen LogP contribution in [0.2, 0.25) is 5.02 Å². The van der Waals surface area contributed by atoms with Gasteiger partial charge in [0.2, 0.25) is 5.91 Å². The van der Waals surface area contributed by atoms with Crippen LogP contribution in [0.25, 0.3) is 0 Å². The fourth-order valence-corrected chi connectivity index (χ4v) is 3.55. The van der Waals surface area contributed by atoms with Crippen LogP contribution < -0.4 is 14.8 Å². The number of para-hydroxylation sites is 1. The summed E-state index contributed by atoms with van der Waals surface area (Å²) in [5.41, 5.74) is 0.522. The van der Waals surface area contributed by atoms with Crippen LogP contribution in [-0.2, 0) is 11.8 Å². The van der Waals surface area contributed by atoms with Gasteiger partial charge in [-0.25, -0.2) is 0 Å². The van der Waals surface area contributed by atoms with Gasteiger partial charge in [0.1, 0.15) is 11.5 Å². The lowest BCUT2D eigenvalue weighted by Gasteiger charge is -2.14. The van der Waals surface area contributed by atoms with Crippen molar-refractivity contribution in [1.29, 1.82) is 0 Å². The molecule has 0 spiro atoms. The first-order valence-electron chi connectivity index (χ1n) is 8.85. The third kappa shape index (κ3) is 5.42. The molecule has 152 valence electrons. The number of rotatable bonds is 8. The number of carbonyl (C=O) groups excluding carboxylic acids is 1. The van der Waals surface area contributed by atoms with E-state index in [1.54, 1.807) is 18.2 Å². The number of ether oxygens (including phenoxy) is 2. The zero-order valence-electron chi connectivity index (χ0n) is 16.3. The van der Waals surface area contributed by atoms with E-state index in [1.165, 1.54) is 18.9 Å². The smallest absolute Gasteiger partial charge is 0.234 e. The summed E-state index contributed by atoms with van der Waals surface area (Å²) >= 11 is 7.28. The van der Waals surface area contributed by atoms with Gasteiger partial charge in [0, 0.05) is 12.1 Å². The predicted octanol–water partition coefficient (Wildman–Crippen LogP) is 4.35. The van der Waals surface area contributed by atoms with Gasteiger partial charge in [-0.2, -0.15) is 0 Å². The van der Waals surface area contributed by atoms with Gasteiger partial charge in [-0.1, -0.05) is 41.6 Å². The molecule has 0 aliphatic heterocycles. The molecule has 1 N–H and O–H groups in total. The van der Waals surface area contributed by atoms with Crippen molar-refractivity contribution in [2.24, 2.45) is 7.05 Å². The fourth-order valence-electron chi connectivity index (χ4n) is 2.66. The highest BCUT2D eigenvalue weighted by Crippen LogP contribution is 2.28. The molecular weight excluding hydrogens is 412 g/mol. The number of aromatic nitrogens is 3. The van der Waals surface area contributed by atoms with Gasteiger partial charge < -0.3 is 19.4 Å². The summed E-state index contributed by atoms with van der Waals surface area (Å²) in [6.45, 7) is 1.91. The minimum Gasteiger partial charge on any atom is -0.495 e. The van der Waals surface area contributed by atoms with Gasteiger partial charge in [-0.3, -0.25) is 4.79 Å². The number of methoxy groups -OCH3 is 1. The molecule has 1 aromatic heterocycles. The van der Waals surface area contributed by atoms with Crippen LogP contribution >= 0.6 is 23.4 Å². The molecular formula is C20H21ClN4O3S. The number of benzene rings is 2. The van der Waals surface area contributed by atoms with E-state index in [0.717, 1.165) is 5.75 Å². The van der Waals surface area contributed by atoms with Gasteiger partial charge in [0.05, 0.1) is 18.6 Å². The van der Waals surface area contributed by atoms with Gasteiger partial charge in [0.15, 0.2) is 17.1 Å². The number of nitrogens with zero attached hydrogens (tertiary/aromatic N) is 3. The highest BCUT2D eigenvalue weighted by Gasteiger charge is 2.18. The largest absolute Gasteiger partial charge is 0.495 e. The second kappa shape index (κ2) is 9.67. The maximum atomic E-state index is 12.3. The molecule has 0 saturated carbocycles. The molecule has 1 heterocycles. The molecule has 1 unspecified atom stereocenters. The van der Waals surface area contributed by atoms with E-state index in [2.05, 4.69) is 15.5 Å². The third-order valence-corrected chi connectivity index (χ3v) is 5.31. The molecule has 0 aliphatic rings. The topological polar surface area (TPSA) is 78.3 Å². The molecule has 29 heavy (non-hydrogen) atoms. The Hall–Kier alpha value is -2.71. The molecule has 7 nitrogen and oxygen atoms in total. The van der Waals surface area contributed by atoms with Crippen LogP contribution in [-0.4, -0.2) is 33.5 Å². The summed E-state index contributed by atoms with van der Waals surface area (Å²) in [7, 11) is 3.38. The van der Waals surface area contributed by atoms with Crippen LogP contribution in [0, 0.1) is 0 Å². The van der Waals surface area contributed by atoms with Crippen molar-refractivity contribution in [2.45, 2.75) is 18.2 Å². The molecule has 0 fully saturated rings. The number of hydrogen-bond donors (Lipinski definition) is 1. The van der Waals surface area contributed by atoms with Crippen molar-refractivity contribution < 1.29 is 14.3 Å². The highest BCUT2D eigenvalue weighted by atomic mass is 35.5. The van der Waals surface area contributed by atoms with E-state index < -0.39 is 0 Å². The Morgan fingerprint density at radius 2 is 2.00 bits per heavy atom. The number of amides is 1. The van der Waals surface area contributed by atoms with Crippen molar-refractivity contribution in [3.63, 3.8) is 0 Å².